The van der Waals surface area contributed by atoms with Crippen LogP contribution in [0, 0.1) is 19.7 Å². The summed E-state index contributed by atoms with van der Waals surface area (Å²) in [5.74, 6) is -0.930. The van der Waals surface area contributed by atoms with Crippen molar-refractivity contribution in [1.82, 2.24) is 0 Å². The largest absolute Gasteiger partial charge is 0.465 e. The normalized spacial score (nSPS) is 10.5. The SMILES string of the molecule is COC(=O)c1ccc(CN(C(=O)Oc2ccc(C)cc2)c2ccc(C)c(Cl)c2)c(F)c1. The molecule has 0 unspecified atom stereocenters. The molecule has 0 saturated carbocycles. The molecule has 0 atom stereocenters. The van der Waals surface area contributed by atoms with Gasteiger partial charge >= 0.3 is 12.1 Å². The minimum absolute atomic E-state index is 0.0795. The van der Waals surface area contributed by atoms with Crippen LogP contribution in [-0.4, -0.2) is 19.2 Å². The van der Waals surface area contributed by atoms with Crippen molar-refractivity contribution in [3.05, 3.63) is 93.8 Å². The Morgan fingerprint density at radius 2 is 1.71 bits per heavy atom. The third-order valence-electron chi connectivity index (χ3n) is 4.72. The van der Waals surface area contributed by atoms with Gasteiger partial charge in [0.25, 0.3) is 0 Å². The van der Waals surface area contributed by atoms with Crippen LogP contribution in [0.3, 0.4) is 0 Å². The molecular formula is C24H21ClFNO4. The van der Waals surface area contributed by atoms with Gasteiger partial charge in [-0.3, -0.25) is 4.90 Å². The van der Waals surface area contributed by atoms with Crippen LogP contribution in [0.25, 0.3) is 0 Å². The van der Waals surface area contributed by atoms with E-state index in [9.17, 15) is 14.0 Å². The number of hydrogen-bond donors (Lipinski definition) is 0. The van der Waals surface area contributed by atoms with Gasteiger partial charge in [0, 0.05) is 16.3 Å². The maximum Gasteiger partial charge on any atom is 0.420 e. The summed E-state index contributed by atoms with van der Waals surface area (Å²) in [4.78, 5) is 25.9. The Bertz CT molecular complexity index is 1120. The second kappa shape index (κ2) is 9.62. The summed E-state index contributed by atoms with van der Waals surface area (Å²) in [6.07, 6.45) is -0.694. The van der Waals surface area contributed by atoms with Crippen LogP contribution in [-0.2, 0) is 11.3 Å². The molecule has 3 aromatic rings. The first-order valence-corrected chi connectivity index (χ1v) is 9.85. The van der Waals surface area contributed by atoms with Crippen molar-refractivity contribution in [2.75, 3.05) is 12.0 Å². The third-order valence-corrected chi connectivity index (χ3v) is 5.12. The summed E-state index contributed by atoms with van der Waals surface area (Å²) < 4.78 is 24.8. The number of carbonyl (C=O) groups excluding carboxylic acids is 2. The summed E-state index contributed by atoms with van der Waals surface area (Å²) in [5.41, 5.74) is 2.59. The third kappa shape index (κ3) is 5.41. The molecule has 0 N–H and O–H groups in total. The molecule has 0 fully saturated rings. The second-order valence-electron chi connectivity index (χ2n) is 7.00. The van der Waals surface area contributed by atoms with Gasteiger partial charge in [0.05, 0.1) is 19.2 Å². The average Bonchev–Trinajstić information content (AvgIpc) is 2.75. The molecule has 0 aliphatic carbocycles. The van der Waals surface area contributed by atoms with Gasteiger partial charge in [0.1, 0.15) is 11.6 Å². The zero-order chi connectivity index (χ0) is 22.5. The van der Waals surface area contributed by atoms with Crippen molar-refractivity contribution < 1.29 is 23.5 Å². The minimum atomic E-state index is -0.694. The number of hydrogen-bond acceptors (Lipinski definition) is 4. The highest BCUT2D eigenvalue weighted by Crippen LogP contribution is 2.27. The van der Waals surface area contributed by atoms with Crippen LogP contribution in [0.4, 0.5) is 14.9 Å². The number of nitrogens with zero attached hydrogens (tertiary/aromatic N) is 1. The zero-order valence-corrected chi connectivity index (χ0v) is 18.1. The van der Waals surface area contributed by atoms with Crippen LogP contribution >= 0.6 is 11.6 Å². The molecule has 0 radical (unpaired) electrons. The number of amides is 1. The molecular weight excluding hydrogens is 421 g/mol. The Balaban J connectivity index is 1.93. The number of methoxy groups -OCH3 is 1. The Labute approximate surface area is 185 Å². The molecule has 0 aliphatic heterocycles. The molecule has 160 valence electrons. The number of rotatable bonds is 5. The summed E-state index contributed by atoms with van der Waals surface area (Å²) in [6.45, 7) is 3.64. The zero-order valence-electron chi connectivity index (χ0n) is 17.3. The average molecular weight is 442 g/mol. The molecule has 31 heavy (non-hydrogen) atoms. The van der Waals surface area contributed by atoms with Crippen molar-refractivity contribution in [1.29, 1.82) is 0 Å². The Kier molecular flexibility index (Phi) is 6.92. The highest BCUT2D eigenvalue weighted by atomic mass is 35.5. The van der Waals surface area contributed by atoms with E-state index in [1.165, 1.54) is 24.1 Å². The van der Waals surface area contributed by atoms with Crippen LogP contribution < -0.4 is 9.64 Å². The van der Waals surface area contributed by atoms with Crippen molar-refractivity contribution in [2.24, 2.45) is 0 Å². The molecule has 7 heteroatoms. The lowest BCUT2D eigenvalue weighted by Crippen LogP contribution is -2.33. The van der Waals surface area contributed by atoms with Gasteiger partial charge in [-0.25, -0.2) is 14.0 Å². The molecule has 0 heterocycles. The van der Waals surface area contributed by atoms with Crippen LogP contribution in [0.2, 0.25) is 5.02 Å². The number of aryl methyl sites for hydroxylation is 2. The number of halogens is 2. The summed E-state index contributed by atoms with van der Waals surface area (Å²) in [5, 5.41) is 0.465. The Morgan fingerprint density at radius 1 is 1.00 bits per heavy atom. The molecule has 3 aromatic carbocycles. The van der Waals surface area contributed by atoms with Crippen molar-refractivity contribution >= 4 is 29.4 Å². The van der Waals surface area contributed by atoms with Crippen molar-refractivity contribution in [3.63, 3.8) is 0 Å². The monoisotopic (exact) mass is 441 g/mol. The van der Waals surface area contributed by atoms with Crippen molar-refractivity contribution in [2.45, 2.75) is 20.4 Å². The Hall–Kier alpha value is -3.38. The molecule has 5 nitrogen and oxygen atoms in total. The van der Waals surface area contributed by atoms with Gasteiger partial charge in [-0.05, 0) is 55.8 Å². The molecule has 0 spiro atoms. The fourth-order valence-corrected chi connectivity index (χ4v) is 3.04. The lowest BCUT2D eigenvalue weighted by atomic mass is 10.1. The number of ether oxygens (including phenoxy) is 2. The van der Waals surface area contributed by atoms with Gasteiger partial charge in [-0.15, -0.1) is 0 Å². The molecule has 0 aromatic heterocycles. The van der Waals surface area contributed by atoms with Crippen LogP contribution in [0.15, 0.2) is 60.7 Å². The predicted molar refractivity (Wildman–Crippen MR) is 117 cm³/mol. The Morgan fingerprint density at radius 3 is 2.32 bits per heavy atom. The second-order valence-corrected chi connectivity index (χ2v) is 7.41. The van der Waals surface area contributed by atoms with Gasteiger partial charge in [-0.1, -0.05) is 41.4 Å². The lowest BCUT2D eigenvalue weighted by Gasteiger charge is -2.23. The molecule has 0 aliphatic rings. The fourth-order valence-electron chi connectivity index (χ4n) is 2.86. The van der Waals surface area contributed by atoms with E-state index < -0.39 is 17.9 Å². The van der Waals surface area contributed by atoms with E-state index in [4.69, 9.17) is 16.3 Å². The topological polar surface area (TPSA) is 55.8 Å². The predicted octanol–water partition coefficient (Wildman–Crippen LogP) is 6.09. The van der Waals surface area contributed by atoms with Gasteiger partial charge in [0.15, 0.2) is 0 Å². The summed E-state index contributed by atoms with van der Waals surface area (Å²) in [7, 11) is 1.22. The van der Waals surface area contributed by atoms with E-state index in [1.807, 2.05) is 26.0 Å². The quantitative estimate of drug-likeness (QED) is 0.450. The number of anilines is 1. The molecule has 1 amide bonds. The maximum atomic E-state index is 14.7. The fraction of sp³-hybridized carbons (Fsp3) is 0.167. The highest BCUT2D eigenvalue weighted by molar-refractivity contribution is 6.31. The number of carbonyl (C=O) groups is 2. The smallest absolute Gasteiger partial charge is 0.420 e. The number of esters is 1. The standard InChI is InChI=1S/C24H21ClFNO4/c1-15-4-10-20(11-5-15)31-24(29)27(19-9-6-16(2)21(25)13-19)14-18-8-7-17(12-22(18)26)23(28)30-3/h4-13H,14H2,1-3H3. The van der Waals surface area contributed by atoms with E-state index in [2.05, 4.69) is 4.74 Å². The van der Waals surface area contributed by atoms with E-state index in [-0.39, 0.29) is 17.7 Å². The summed E-state index contributed by atoms with van der Waals surface area (Å²) >= 11 is 6.24. The summed E-state index contributed by atoms with van der Waals surface area (Å²) in [6, 6.07) is 16.0. The number of benzene rings is 3. The molecule has 0 bridgehead atoms. The van der Waals surface area contributed by atoms with Gasteiger partial charge in [0.2, 0.25) is 0 Å². The van der Waals surface area contributed by atoms with E-state index in [1.54, 1.807) is 30.3 Å². The first-order valence-electron chi connectivity index (χ1n) is 9.47. The van der Waals surface area contributed by atoms with E-state index in [0.29, 0.717) is 16.5 Å². The highest BCUT2D eigenvalue weighted by Gasteiger charge is 2.22. The van der Waals surface area contributed by atoms with Crippen molar-refractivity contribution in [3.8, 4) is 5.75 Å². The lowest BCUT2D eigenvalue weighted by molar-refractivity contribution is 0.0600. The van der Waals surface area contributed by atoms with Crippen LogP contribution in [0.1, 0.15) is 27.0 Å². The van der Waals surface area contributed by atoms with Crippen LogP contribution in [0.5, 0.6) is 5.75 Å². The molecule has 0 saturated heterocycles. The van der Waals surface area contributed by atoms with E-state index >= 15 is 0 Å². The molecule has 3 rings (SSSR count). The minimum Gasteiger partial charge on any atom is -0.465 e. The first kappa shape index (κ1) is 22.3. The van der Waals surface area contributed by atoms with E-state index in [0.717, 1.165) is 17.2 Å². The maximum absolute atomic E-state index is 14.7. The van der Waals surface area contributed by atoms with Gasteiger partial charge in [-0.2, -0.15) is 0 Å². The van der Waals surface area contributed by atoms with Gasteiger partial charge < -0.3 is 9.47 Å². The first-order chi connectivity index (χ1) is 14.8.